The molecule has 1 unspecified atom stereocenters. The summed E-state index contributed by atoms with van der Waals surface area (Å²) in [6.07, 6.45) is 4.41. The Kier molecular flexibility index (Phi) is 5.90. The number of benzene rings is 1. The third kappa shape index (κ3) is 4.44. The third-order valence-corrected chi connectivity index (χ3v) is 6.77. The predicted molar refractivity (Wildman–Crippen MR) is 109 cm³/mol. The Morgan fingerprint density at radius 3 is 2.50 bits per heavy atom. The van der Waals surface area contributed by atoms with E-state index in [-0.39, 0.29) is 29.4 Å². The van der Waals surface area contributed by atoms with E-state index >= 15 is 0 Å². The second kappa shape index (κ2) is 8.05. The van der Waals surface area contributed by atoms with Crippen molar-refractivity contribution in [2.45, 2.75) is 51.6 Å². The smallest absolute Gasteiger partial charge is 0.262 e. The van der Waals surface area contributed by atoms with Gasteiger partial charge in [0.15, 0.2) is 5.03 Å². The molecule has 0 saturated carbocycles. The Morgan fingerprint density at radius 1 is 1.21 bits per heavy atom. The summed E-state index contributed by atoms with van der Waals surface area (Å²) in [4.78, 5) is 16.8. The van der Waals surface area contributed by atoms with Crippen molar-refractivity contribution >= 4 is 21.6 Å². The summed E-state index contributed by atoms with van der Waals surface area (Å²) in [6, 6.07) is 6.01. The van der Waals surface area contributed by atoms with Gasteiger partial charge in [-0.3, -0.25) is 4.79 Å². The van der Waals surface area contributed by atoms with Gasteiger partial charge in [0.2, 0.25) is 5.91 Å². The highest BCUT2D eigenvalue weighted by molar-refractivity contribution is 7.89. The van der Waals surface area contributed by atoms with Crippen LogP contribution >= 0.6 is 0 Å². The first-order chi connectivity index (χ1) is 13.2. The third-order valence-electron chi connectivity index (χ3n) is 5.02. The van der Waals surface area contributed by atoms with E-state index in [0.29, 0.717) is 19.4 Å². The molecular formula is C20H28N4O3S. The predicted octanol–water partition coefficient (Wildman–Crippen LogP) is 3.12. The highest BCUT2D eigenvalue weighted by Gasteiger charge is 2.34. The molecule has 1 saturated heterocycles. The second-order valence-electron chi connectivity index (χ2n) is 7.82. The molecule has 0 radical (unpaired) electrons. The van der Waals surface area contributed by atoms with Crippen molar-refractivity contribution in [3.63, 3.8) is 0 Å². The van der Waals surface area contributed by atoms with E-state index < -0.39 is 10.0 Å². The van der Waals surface area contributed by atoms with Gasteiger partial charge >= 0.3 is 0 Å². The average molecular weight is 405 g/mol. The average Bonchev–Trinajstić information content (AvgIpc) is 3.12. The fraction of sp³-hybridized carbons (Fsp3) is 0.500. The Morgan fingerprint density at radius 2 is 1.89 bits per heavy atom. The topological polar surface area (TPSA) is 84.3 Å². The summed E-state index contributed by atoms with van der Waals surface area (Å²) < 4.78 is 29.1. The molecule has 1 amide bonds. The van der Waals surface area contributed by atoms with Crippen molar-refractivity contribution in [3.8, 4) is 0 Å². The van der Waals surface area contributed by atoms with Gasteiger partial charge in [-0.1, -0.05) is 6.07 Å². The minimum absolute atomic E-state index is 0.0385. The molecule has 1 N–H and O–H groups in total. The van der Waals surface area contributed by atoms with Crippen molar-refractivity contribution in [3.05, 3.63) is 41.9 Å². The number of hydrogen-bond acceptors (Lipinski definition) is 4. The maximum atomic E-state index is 13.0. The molecule has 1 fully saturated rings. The fourth-order valence-electron chi connectivity index (χ4n) is 3.53. The van der Waals surface area contributed by atoms with Crippen LogP contribution in [0.5, 0.6) is 0 Å². The Hall–Kier alpha value is -2.19. The summed E-state index contributed by atoms with van der Waals surface area (Å²) in [7, 11) is -3.71. The molecule has 1 aromatic carbocycles. The van der Waals surface area contributed by atoms with Crippen molar-refractivity contribution in [1.82, 2.24) is 13.9 Å². The molecule has 28 heavy (non-hydrogen) atoms. The van der Waals surface area contributed by atoms with Gasteiger partial charge in [-0.05, 0) is 63.8 Å². The van der Waals surface area contributed by atoms with Crippen LogP contribution in [0.15, 0.2) is 35.7 Å². The lowest BCUT2D eigenvalue weighted by molar-refractivity contribution is -0.120. The van der Waals surface area contributed by atoms with E-state index in [2.05, 4.69) is 10.3 Å². The normalized spacial score (nSPS) is 18.4. The van der Waals surface area contributed by atoms with Gasteiger partial charge in [0, 0.05) is 31.0 Å². The highest BCUT2D eigenvalue weighted by atomic mass is 32.2. The van der Waals surface area contributed by atoms with E-state index in [1.807, 2.05) is 45.9 Å². The molecule has 1 aliphatic rings. The quantitative estimate of drug-likeness (QED) is 0.830. The zero-order chi connectivity index (χ0) is 20.5. The zero-order valence-corrected chi connectivity index (χ0v) is 17.7. The Labute approximate surface area is 166 Å². The lowest BCUT2D eigenvalue weighted by Gasteiger charge is -2.30. The number of amides is 1. The lowest BCUT2D eigenvalue weighted by atomic mass is 9.98. The first-order valence-electron chi connectivity index (χ1n) is 9.59. The Balaban J connectivity index is 1.72. The summed E-state index contributed by atoms with van der Waals surface area (Å²) in [5, 5.41) is 2.98. The van der Waals surface area contributed by atoms with Crippen LogP contribution < -0.4 is 5.32 Å². The van der Waals surface area contributed by atoms with Crippen LogP contribution in [0, 0.1) is 19.8 Å². The number of piperidine rings is 1. The first kappa shape index (κ1) is 20.5. The summed E-state index contributed by atoms with van der Waals surface area (Å²) in [6.45, 7) is 8.47. The van der Waals surface area contributed by atoms with Crippen LogP contribution in [0.4, 0.5) is 5.69 Å². The maximum Gasteiger partial charge on any atom is 0.262 e. The number of rotatable bonds is 5. The number of carbonyl (C=O) groups excluding carboxylic acids is 1. The molecule has 2 aromatic rings. The molecule has 3 rings (SSSR count). The molecular weight excluding hydrogens is 376 g/mol. The molecule has 152 valence electrons. The van der Waals surface area contributed by atoms with Gasteiger partial charge in [-0.25, -0.2) is 13.4 Å². The van der Waals surface area contributed by atoms with Crippen LogP contribution in [0.1, 0.15) is 43.9 Å². The lowest BCUT2D eigenvalue weighted by Crippen LogP contribution is -2.43. The van der Waals surface area contributed by atoms with Crippen molar-refractivity contribution < 1.29 is 13.2 Å². The van der Waals surface area contributed by atoms with Crippen molar-refractivity contribution in [2.75, 3.05) is 18.4 Å². The number of nitrogens with one attached hydrogen (secondary N) is 1. The van der Waals surface area contributed by atoms with Crippen LogP contribution in [-0.4, -0.2) is 41.3 Å². The molecule has 0 spiro atoms. The minimum Gasteiger partial charge on any atom is -0.334 e. The van der Waals surface area contributed by atoms with Crippen LogP contribution in [0.2, 0.25) is 0 Å². The van der Waals surface area contributed by atoms with E-state index in [0.717, 1.165) is 16.8 Å². The largest absolute Gasteiger partial charge is 0.334 e. The highest BCUT2D eigenvalue weighted by Crippen LogP contribution is 2.25. The standard InChI is InChI=1S/C20H28N4O3S/c1-14(2)23-12-19(21-13-23)28(26,27)24-7-5-6-17(11-24)20(25)22-18-9-15(3)8-16(4)10-18/h8-10,12-14,17H,5-7,11H2,1-4H3,(H,22,25). The van der Waals surface area contributed by atoms with Gasteiger partial charge in [0.05, 0.1) is 12.2 Å². The van der Waals surface area contributed by atoms with Gasteiger partial charge in [-0.2, -0.15) is 4.31 Å². The summed E-state index contributed by atoms with van der Waals surface area (Å²) >= 11 is 0. The molecule has 0 aliphatic carbocycles. The number of anilines is 1. The fourth-order valence-corrected chi connectivity index (χ4v) is 4.98. The van der Waals surface area contributed by atoms with Crippen LogP contribution in [0.25, 0.3) is 0 Å². The number of hydrogen-bond donors (Lipinski definition) is 1. The van der Waals surface area contributed by atoms with Crippen molar-refractivity contribution in [1.29, 1.82) is 0 Å². The van der Waals surface area contributed by atoms with E-state index in [9.17, 15) is 13.2 Å². The van der Waals surface area contributed by atoms with Crippen LogP contribution in [0.3, 0.4) is 0 Å². The van der Waals surface area contributed by atoms with Gasteiger partial charge < -0.3 is 9.88 Å². The zero-order valence-electron chi connectivity index (χ0n) is 16.8. The van der Waals surface area contributed by atoms with Gasteiger partial charge in [-0.15, -0.1) is 0 Å². The first-order valence-corrected chi connectivity index (χ1v) is 11.0. The van der Waals surface area contributed by atoms with E-state index in [1.54, 1.807) is 10.8 Å². The molecule has 1 aliphatic heterocycles. The summed E-state index contributed by atoms with van der Waals surface area (Å²) in [5.74, 6) is -0.519. The number of sulfonamides is 1. The number of nitrogens with zero attached hydrogens (tertiary/aromatic N) is 3. The Bertz CT molecular complexity index is 945. The van der Waals surface area contributed by atoms with Gasteiger partial charge in [0.25, 0.3) is 10.0 Å². The number of carbonyl (C=O) groups is 1. The van der Waals surface area contributed by atoms with E-state index in [4.69, 9.17) is 0 Å². The molecule has 7 nitrogen and oxygen atoms in total. The molecule has 1 aromatic heterocycles. The van der Waals surface area contributed by atoms with Gasteiger partial charge in [0.1, 0.15) is 0 Å². The molecule has 0 bridgehead atoms. The minimum atomic E-state index is -3.71. The second-order valence-corrected chi connectivity index (χ2v) is 9.71. The van der Waals surface area contributed by atoms with E-state index in [1.165, 1.54) is 10.6 Å². The summed E-state index contributed by atoms with van der Waals surface area (Å²) in [5.41, 5.74) is 2.89. The monoisotopic (exact) mass is 404 g/mol. The molecule has 2 heterocycles. The number of aromatic nitrogens is 2. The SMILES string of the molecule is Cc1cc(C)cc(NC(=O)C2CCCN(S(=O)(=O)c3cn(C(C)C)cn3)C2)c1. The number of imidazole rings is 1. The molecule has 8 heteroatoms. The number of aryl methyl sites for hydroxylation is 2. The van der Waals surface area contributed by atoms with Crippen LogP contribution in [-0.2, 0) is 14.8 Å². The maximum absolute atomic E-state index is 13.0. The van der Waals surface area contributed by atoms with Crippen molar-refractivity contribution in [2.24, 2.45) is 5.92 Å². The molecule has 1 atom stereocenters.